The molecule has 17 heavy (non-hydrogen) atoms. The first kappa shape index (κ1) is 12.5. The number of nitrogens with one attached hydrogen (secondary N) is 1. The summed E-state index contributed by atoms with van der Waals surface area (Å²) in [4.78, 5) is 9.47. The monoisotopic (exact) mass is 271 g/mol. The third-order valence-corrected chi connectivity index (χ3v) is 3.47. The fraction of sp³-hybridized carbons (Fsp3) is 0.455. The lowest BCUT2D eigenvalue weighted by Gasteiger charge is -2.17. The Labute approximate surface area is 109 Å². The Kier molecular flexibility index (Phi) is 4.53. The minimum absolute atomic E-state index is 0.176. The predicted molar refractivity (Wildman–Crippen MR) is 72.0 cm³/mol. The molecule has 0 saturated heterocycles. The van der Waals surface area contributed by atoms with Crippen LogP contribution in [0.3, 0.4) is 0 Å². The van der Waals surface area contributed by atoms with Crippen LogP contribution in [0.5, 0.6) is 0 Å². The first-order valence-corrected chi connectivity index (χ1v) is 6.76. The summed E-state index contributed by atoms with van der Waals surface area (Å²) < 4.78 is 5.16. The van der Waals surface area contributed by atoms with E-state index in [0.717, 1.165) is 22.5 Å². The predicted octanol–water partition coefficient (Wildman–Crippen LogP) is 2.75. The number of ether oxygens (including phenoxy) is 1. The fourth-order valence-electron chi connectivity index (χ4n) is 1.63. The van der Waals surface area contributed by atoms with E-state index in [-0.39, 0.29) is 6.04 Å². The highest BCUT2D eigenvalue weighted by molar-refractivity contribution is 7.16. The molecule has 2 aromatic rings. The van der Waals surface area contributed by atoms with Gasteiger partial charge in [0.25, 0.3) is 0 Å². The molecule has 0 saturated carbocycles. The second-order valence-corrected chi connectivity index (χ2v) is 4.91. The first-order chi connectivity index (χ1) is 8.35. The van der Waals surface area contributed by atoms with Gasteiger partial charge in [-0.05, 0) is 17.9 Å². The van der Waals surface area contributed by atoms with Gasteiger partial charge < -0.3 is 10.1 Å². The number of fused-ring (bicyclic) bond motifs is 1. The van der Waals surface area contributed by atoms with Crippen molar-refractivity contribution in [3.8, 4) is 0 Å². The van der Waals surface area contributed by atoms with Gasteiger partial charge in [-0.25, -0.2) is 9.97 Å². The number of thiophene rings is 1. The van der Waals surface area contributed by atoms with E-state index in [4.69, 9.17) is 16.3 Å². The molecule has 4 nitrogen and oxygen atoms in total. The Morgan fingerprint density at radius 2 is 2.41 bits per heavy atom. The molecular weight excluding hydrogens is 258 g/mol. The first-order valence-electron chi connectivity index (χ1n) is 5.34. The zero-order valence-corrected chi connectivity index (χ0v) is 11.1. The van der Waals surface area contributed by atoms with Crippen LogP contribution in [-0.4, -0.2) is 35.6 Å². The molecule has 0 spiro atoms. The Morgan fingerprint density at radius 3 is 3.18 bits per heavy atom. The van der Waals surface area contributed by atoms with E-state index in [1.54, 1.807) is 24.8 Å². The van der Waals surface area contributed by atoms with Crippen LogP contribution in [0.2, 0.25) is 0 Å². The van der Waals surface area contributed by atoms with Crippen LogP contribution in [0, 0.1) is 0 Å². The van der Waals surface area contributed by atoms with Crippen molar-refractivity contribution in [1.82, 2.24) is 9.97 Å². The molecule has 92 valence electrons. The zero-order valence-electron chi connectivity index (χ0n) is 9.52. The quantitative estimate of drug-likeness (QED) is 0.821. The van der Waals surface area contributed by atoms with Crippen molar-refractivity contribution in [1.29, 1.82) is 0 Å². The van der Waals surface area contributed by atoms with Gasteiger partial charge in [0.15, 0.2) is 0 Å². The molecule has 0 aliphatic heterocycles. The summed E-state index contributed by atoms with van der Waals surface area (Å²) in [5, 5.41) is 6.42. The van der Waals surface area contributed by atoms with Crippen LogP contribution < -0.4 is 5.32 Å². The largest absolute Gasteiger partial charge is 0.383 e. The van der Waals surface area contributed by atoms with Gasteiger partial charge in [-0.3, -0.25) is 0 Å². The number of methoxy groups -OCH3 is 1. The van der Waals surface area contributed by atoms with E-state index in [1.165, 1.54) is 0 Å². The number of hydrogen-bond acceptors (Lipinski definition) is 5. The van der Waals surface area contributed by atoms with E-state index in [9.17, 15) is 0 Å². The van der Waals surface area contributed by atoms with Crippen LogP contribution in [-0.2, 0) is 4.74 Å². The number of anilines is 1. The maximum absolute atomic E-state index is 5.77. The molecule has 6 heteroatoms. The number of hydrogen-bond donors (Lipinski definition) is 1. The lowest BCUT2D eigenvalue weighted by Crippen LogP contribution is -2.26. The number of nitrogens with zero attached hydrogens (tertiary/aromatic N) is 2. The molecule has 2 rings (SSSR count). The average molecular weight is 272 g/mol. The fourth-order valence-corrected chi connectivity index (χ4v) is 2.62. The van der Waals surface area contributed by atoms with Gasteiger partial charge in [0.1, 0.15) is 17.0 Å². The molecule has 1 N–H and O–H groups in total. The maximum Gasteiger partial charge on any atom is 0.138 e. The lowest BCUT2D eigenvalue weighted by molar-refractivity contribution is 0.184. The molecule has 0 aromatic carbocycles. The summed E-state index contributed by atoms with van der Waals surface area (Å²) in [5.74, 6) is 1.45. The van der Waals surface area contributed by atoms with E-state index < -0.39 is 0 Å². The maximum atomic E-state index is 5.77. The highest BCUT2D eigenvalue weighted by Crippen LogP contribution is 2.24. The van der Waals surface area contributed by atoms with Crippen molar-refractivity contribution in [2.45, 2.75) is 12.5 Å². The second kappa shape index (κ2) is 6.14. The zero-order chi connectivity index (χ0) is 12.1. The summed E-state index contributed by atoms with van der Waals surface area (Å²) in [6, 6.07) is 2.20. The summed E-state index contributed by atoms with van der Waals surface area (Å²) >= 11 is 7.38. The third-order valence-electron chi connectivity index (χ3n) is 2.43. The molecule has 0 radical (unpaired) electrons. The Balaban J connectivity index is 2.18. The molecular formula is C11H14ClN3OS. The van der Waals surface area contributed by atoms with Gasteiger partial charge in [0.05, 0.1) is 18.0 Å². The van der Waals surface area contributed by atoms with E-state index >= 15 is 0 Å². The van der Waals surface area contributed by atoms with Crippen molar-refractivity contribution in [2.24, 2.45) is 0 Å². The van der Waals surface area contributed by atoms with Gasteiger partial charge in [-0.2, -0.15) is 0 Å². The number of alkyl halides is 1. The molecule has 0 aliphatic rings. The molecule has 2 heterocycles. The highest BCUT2D eigenvalue weighted by Gasteiger charge is 2.11. The molecule has 2 aromatic heterocycles. The second-order valence-electron chi connectivity index (χ2n) is 3.64. The summed E-state index contributed by atoms with van der Waals surface area (Å²) in [6.07, 6.45) is 2.41. The summed E-state index contributed by atoms with van der Waals surface area (Å²) in [7, 11) is 1.68. The van der Waals surface area contributed by atoms with Gasteiger partial charge in [0.2, 0.25) is 0 Å². The SMILES string of the molecule is COCC(CCCl)Nc1ncnc2sccc12. The molecule has 0 amide bonds. The van der Waals surface area contributed by atoms with Gasteiger partial charge in [0, 0.05) is 13.0 Å². The van der Waals surface area contributed by atoms with Gasteiger partial charge in [-0.15, -0.1) is 22.9 Å². The van der Waals surface area contributed by atoms with Crippen molar-refractivity contribution in [3.05, 3.63) is 17.8 Å². The summed E-state index contributed by atoms with van der Waals surface area (Å²) in [6.45, 7) is 0.613. The van der Waals surface area contributed by atoms with Crippen LogP contribution in [0.1, 0.15) is 6.42 Å². The highest BCUT2D eigenvalue weighted by atomic mass is 35.5. The molecule has 0 bridgehead atoms. The van der Waals surface area contributed by atoms with Crippen LogP contribution in [0.15, 0.2) is 17.8 Å². The summed E-state index contributed by atoms with van der Waals surface area (Å²) in [5.41, 5.74) is 0. The van der Waals surface area contributed by atoms with Crippen molar-refractivity contribution in [2.75, 3.05) is 24.9 Å². The van der Waals surface area contributed by atoms with Crippen LogP contribution >= 0.6 is 22.9 Å². The Bertz CT molecular complexity index is 470. The topological polar surface area (TPSA) is 47.0 Å². The number of rotatable bonds is 6. The molecule has 1 atom stereocenters. The molecule has 0 aliphatic carbocycles. The minimum Gasteiger partial charge on any atom is -0.383 e. The van der Waals surface area contributed by atoms with E-state index in [1.807, 2.05) is 11.4 Å². The Hall–Kier alpha value is -0.910. The van der Waals surface area contributed by atoms with Crippen LogP contribution in [0.25, 0.3) is 10.2 Å². The number of halogens is 1. The van der Waals surface area contributed by atoms with Crippen molar-refractivity contribution < 1.29 is 4.74 Å². The normalized spacial score (nSPS) is 12.8. The molecule has 1 unspecified atom stereocenters. The van der Waals surface area contributed by atoms with Gasteiger partial charge >= 0.3 is 0 Å². The van der Waals surface area contributed by atoms with Gasteiger partial charge in [-0.1, -0.05) is 0 Å². The minimum atomic E-state index is 0.176. The average Bonchev–Trinajstić information content (AvgIpc) is 2.79. The van der Waals surface area contributed by atoms with Crippen LogP contribution in [0.4, 0.5) is 5.82 Å². The smallest absolute Gasteiger partial charge is 0.138 e. The van der Waals surface area contributed by atoms with E-state index in [2.05, 4.69) is 15.3 Å². The van der Waals surface area contributed by atoms with E-state index in [0.29, 0.717) is 12.5 Å². The van der Waals surface area contributed by atoms with Crippen molar-refractivity contribution >= 4 is 39.0 Å². The number of aromatic nitrogens is 2. The van der Waals surface area contributed by atoms with Crippen molar-refractivity contribution in [3.63, 3.8) is 0 Å². The lowest BCUT2D eigenvalue weighted by atomic mass is 10.2. The standard InChI is InChI=1S/C11H14ClN3OS/c1-16-6-8(2-4-12)15-10-9-3-5-17-11(9)14-7-13-10/h3,5,7-8H,2,4,6H2,1H3,(H,13,14,15). The Morgan fingerprint density at radius 1 is 1.53 bits per heavy atom. The third kappa shape index (κ3) is 3.06. The molecule has 0 fully saturated rings.